The molecular weight excluding hydrogens is 350 g/mol. The second-order valence-corrected chi connectivity index (χ2v) is 7.11. The van der Waals surface area contributed by atoms with E-state index in [2.05, 4.69) is 20.7 Å². The highest BCUT2D eigenvalue weighted by atomic mass is 32.2. The highest BCUT2D eigenvalue weighted by Gasteiger charge is 2.23. The summed E-state index contributed by atoms with van der Waals surface area (Å²) in [6.07, 6.45) is 1.60. The molecule has 2 heterocycles. The van der Waals surface area contributed by atoms with E-state index >= 15 is 0 Å². The van der Waals surface area contributed by atoms with E-state index in [0.29, 0.717) is 16.7 Å². The summed E-state index contributed by atoms with van der Waals surface area (Å²) in [6, 6.07) is 11.6. The minimum atomic E-state index is -0.288. The molecule has 1 amide bonds. The maximum absolute atomic E-state index is 12.6. The first kappa shape index (κ1) is 18.2. The lowest BCUT2D eigenvalue weighted by Crippen LogP contribution is -2.25. The molecule has 7 nitrogen and oxygen atoms in total. The van der Waals surface area contributed by atoms with Gasteiger partial charge in [0.15, 0.2) is 16.8 Å². The predicted octanol–water partition coefficient (Wildman–Crippen LogP) is 3.68. The van der Waals surface area contributed by atoms with Crippen molar-refractivity contribution in [1.82, 2.24) is 19.9 Å². The number of carbonyl (C=O) groups excluding carboxylic acids is 1. The second-order valence-electron chi connectivity index (χ2n) is 5.94. The molecule has 0 saturated heterocycles. The van der Waals surface area contributed by atoms with E-state index in [1.54, 1.807) is 13.0 Å². The van der Waals surface area contributed by atoms with E-state index in [4.69, 9.17) is 4.52 Å². The summed E-state index contributed by atoms with van der Waals surface area (Å²) in [5, 5.41) is 15.6. The Morgan fingerprint density at radius 1 is 1.31 bits per heavy atom. The Bertz CT molecular complexity index is 875. The molecule has 1 atom stereocenters. The quantitative estimate of drug-likeness (QED) is 0.638. The van der Waals surface area contributed by atoms with E-state index in [0.717, 1.165) is 24.2 Å². The van der Waals surface area contributed by atoms with Gasteiger partial charge in [0, 0.05) is 18.7 Å². The number of amides is 1. The Balaban J connectivity index is 1.76. The molecule has 0 aliphatic heterocycles. The Kier molecular flexibility index (Phi) is 5.72. The van der Waals surface area contributed by atoms with Crippen molar-refractivity contribution in [2.75, 3.05) is 5.32 Å². The van der Waals surface area contributed by atoms with Crippen LogP contribution in [0.15, 0.2) is 46.1 Å². The fourth-order valence-corrected chi connectivity index (χ4v) is 3.63. The maximum Gasteiger partial charge on any atom is 0.239 e. The molecule has 1 N–H and O–H groups in total. The molecule has 0 unspecified atom stereocenters. The zero-order valence-electron chi connectivity index (χ0n) is 15.0. The van der Waals surface area contributed by atoms with Gasteiger partial charge in [-0.2, -0.15) is 0 Å². The molecule has 26 heavy (non-hydrogen) atoms. The van der Waals surface area contributed by atoms with Crippen LogP contribution in [0.1, 0.15) is 25.5 Å². The number of carbonyl (C=O) groups is 1. The predicted molar refractivity (Wildman–Crippen MR) is 101 cm³/mol. The Morgan fingerprint density at radius 3 is 2.73 bits per heavy atom. The molecule has 0 spiro atoms. The molecular formula is C18H21N5O2S. The fourth-order valence-electron chi connectivity index (χ4n) is 2.52. The summed E-state index contributed by atoms with van der Waals surface area (Å²) < 4.78 is 6.91. The summed E-state index contributed by atoms with van der Waals surface area (Å²) in [7, 11) is 1.91. The number of nitrogens with one attached hydrogen (secondary N) is 1. The third kappa shape index (κ3) is 4.13. The molecule has 0 bridgehead atoms. The molecule has 3 rings (SSSR count). The molecule has 2 aromatic heterocycles. The van der Waals surface area contributed by atoms with Crippen molar-refractivity contribution >= 4 is 23.5 Å². The second kappa shape index (κ2) is 8.18. The lowest BCUT2D eigenvalue weighted by atomic mass is 10.2. The van der Waals surface area contributed by atoms with Crippen LogP contribution in [0.4, 0.5) is 5.82 Å². The molecule has 0 radical (unpaired) electrons. The number of thioether (sulfide) groups is 1. The average Bonchev–Trinajstić information content (AvgIpc) is 3.21. The first-order valence-corrected chi connectivity index (χ1v) is 9.32. The average molecular weight is 371 g/mol. The van der Waals surface area contributed by atoms with Gasteiger partial charge < -0.3 is 14.4 Å². The number of benzene rings is 1. The van der Waals surface area contributed by atoms with Gasteiger partial charge in [-0.05, 0) is 13.3 Å². The van der Waals surface area contributed by atoms with Gasteiger partial charge in [-0.25, -0.2) is 0 Å². The molecule has 8 heteroatoms. The van der Waals surface area contributed by atoms with Crippen LogP contribution >= 0.6 is 11.8 Å². The minimum Gasteiger partial charge on any atom is -0.360 e. The maximum atomic E-state index is 12.6. The number of rotatable bonds is 7. The van der Waals surface area contributed by atoms with Crippen LogP contribution < -0.4 is 5.32 Å². The first-order valence-electron chi connectivity index (χ1n) is 8.44. The summed E-state index contributed by atoms with van der Waals surface area (Å²) in [5.41, 5.74) is 0.990. The van der Waals surface area contributed by atoms with Gasteiger partial charge in [0.1, 0.15) is 5.76 Å². The fraction of sp³-hybridized carbons (Fsp3) is 0.333. The van der Waals surface area contributed by atoms with E-state index in [1.807, 2.05) is 48.9 Å². The highest BCUT2D eigenvalue weighted by Crippen LogP contribution is 2.28. The number of hydrogen-bond donors (Lipinski definition) is 1. The summed E-state index contributed by atoms with van der Waals surface area (Å²) in [4.78, 5) is 12.6. The standard InChI is InChI=1S/C18H21N5O2S/c1-4-8-14(17(24)19-15-11-12(2)25-22-15)26-18-21-20-16(23(18)3)13-9-6-5-7-10-13/h5-7,9-11,14H,4,8H2,1-3H3,(H,19,22,24)/t14-/m0/s1. The topological polar surface area (TPSA) is 85.8 Å². The summed E-state index contributed by atoms with van der Waals surface area (Å²) in [5.74, 6) is 1.74. The van der Waals surface area contributed by atoms with Crippen LogP contribution in [0, 0.1) is 6.92 Å². The Labute approximate surface area is 156 Å². The third-order valence-electron chi connectivity index (χ3n) is 3.84. The zero-order valence-corrected chi connectivity index (χ0v) is 15.8. The van der Waals surface area contributed by atoms with Crippen molar-refractivity contribution < 1.29 is 9.32 Å². The van der Waals surface area contributed by atoms with Gasteiger partial charge in [-0.3, -0.25) is 4.79 Å². The van der Waals surface area contributed by atoms with Crippen LogP contribution in [-0.4, -0.2) is 31.1 Å². The van der Waals surface area contributed by atoms with Crippen LogP contribution in [0.25, 0.3) is 11.4 Å². The summed E-state index contributed by atoms with van der Waals surface area (Å²) in [6.45, 7) is 3.83. The molecule has 0 aliphatic carbocycles. The van der Waals surface area contributed by atoms with Gasteiger partial charge in [-0.15, -0.1) is 10.2 Å². The minimum absolute atomic E-state index is 0.116. The highest BCUT2D eigenvalue weighted by molar-refractivity contribution is 8.00. The summed E-state index contributed by atoms with van der Waals surface area (Å²) >= 11 is 1.41. The van der Waals surface area contributed by atoms with Crippen molar-refractivity contribution in [3.8, 4) is 11.4 Å². The van der Waals surface area contributed by atoms with Crippen molar-refractivity contribution in [2.45, 2.75) is 37.1 Å². The van der Waals surface area contributed by atoms with Crippen LogP contribution in [0.3, 0.4) is 0 Å². The number of hydrogen-bond acceptors (Lipinski definition) is 6. The lowest BCUT2D eigenvalue weighted by Gasteiger charge is -2.14. The smallest absolute Gasteiger partial charge is 0.239 e. The molecule has 3 aromatic rings. The van der Waals surface area contributed by atoms with Gasteiger partial charge >= 0.3 is 0 Å². The first-order chi connectivity index (χ1) is 12.6. The van der Waals surface area contributed by atoms with Crippen LogP contribution in [0.2, 0.25) is 0 Å². The van der Waals surface area contributed by atoms with Crippen molar-refractivity contribution in [3.05, 3.63) is 42.2 Å². The Morgan fingerprint density at radius 2 is 2.08 bits per heavy atom. The van der Waals surface area contributed by atoms with Crippen molar-refractivity contribution in [2.24, 2.45) is 7.05 Å². The lowest BCUT2D eigenvalue weighted by molar-refractivity contribution is -0.115. The molecule has 136 valence electrons. The van der Waals surface area contributed by atoms with Gasteiger partial charge in [0.25, 0.3) is 0 Å². The number of anilines is 1. The normalized spacial score (nSPS) is 12.1. The largest absolute Gasteiger partial charge is 0.360 e. The van der Waals surface area contributed by atoms with Crippen LogP contribution in [0.5, 0.6) is 0 Å². The number of nitrogens with zero attached hydrogens (tertiary/aromatic N) is 4. The molecule has 1 aromatic carbocycles. The third-order valence-corrected chi connectivity index (χ3v) is 5.14. The molecule has 0 saturated carbocycles. The monoisotopic (exact) mass is 371 g/mol. The van der Waals surface area contributed by atoms with Crippen LogP contribution in [-0.2, 0) is 11.8 Å². The van der Waals surface area contributed by atoms with E-state index < -0.39 is 0 Å². The SMILES string of the molecule is CCC[C@H](Sc1nnc(-c2ccccc2)n1C)C(=O)Nc1cc(C)on1. The Hall–Kier alpha value is -2.61. The zero-order chi connectivity index (χ0) is 18.5. The van der Waals surface area contributed by atoms with E-state index in [9.17, 15) is 4.79 Å². The van der Waals surface area contributed by atoms with Gasteiger partial charge in [0.05, 0.1) is 5.25 Å². The van der Waals surface area contributed by atoms with Gasteiger partial charge in [-0.1, -0.05) is 60.6 Å². The van der Waals surface area contributed by atoms with Crippen molar-refractivity contribution in [1.29, 1.82) is 0 Å². The number of aromatic nitrogens is 4. The molecule has 0 fully saturated rings. The molecule has 0 aliphatic rings. The van der Waals surface area contributed by atoms with E-state index in [-0.39, 0.29) is 11.2 Å². The van der Waals surface area contributed by atoms with Gasteiger partial charge in [0.2, 0.25) is 5.91 Å². The van der Waals surface area contributed by atoms with E-state index in [1.165, 1.54) is 11.8 Å². The number of aryl methyl sites for hydroxylation is 1. The van der Waals surface area contributed by atoms with Crippen molar-refractivity contribution in [3.63, 3.8) is 0 Å².